The van der Waals surface area contributed by atoms with E-state index in [1.54, 1.807) is 0 Å². The van der Waals surface area contributed by atoms with Gasteiger partial charge in [0.2, 0.25) is 6.29 Å². The average Bonchev–Trinajstić information content (AvgIpc) is 1.84. The number of carbonyl (C=O) groups excluding carboxylic acids is 1. The predicted molar refractivity (Wildman–Crippen MR) is 39.5 cm³/mol. The number of ether oxygens (including phenoxy) is 1. The molecule has 0 bridgehead atoms. The number of carbonyl (C=O) groups is 1. The number of aliphatic hydroxyl groups excluding tert-OH is 1. The van der Waals surface area contributed by atoms with E-state index in [-0.39, 0.29) is 0 Å². The molecule has 0 aliphatic heterocycles. The molecule has 3 atom stereocenters. The maximum absolute atomic E-state index is 10.3. The van der Waals surface area contributed by atoms with Crippen LogP contribution in [0.5, 0.6) is 0 Å². The van der Waals surface area contributed by atoms with Crippen LogP contribution in [0.2, 0.25) is 0 Å². The van der Waals surface area contributed by atoms with Crippen LogP contribution in [0.25, 0.3) is 0 Å². The average molecular weight is 198 g/mol. The first-order valence-electron chi connectivity index (χ1n) is 3.18. The second-order valence-electron chi connectivity index (χ2n) is 2.09. The normalized spacial score (nSPS) is 18.0. The molecule has 0 aromatic rings. The summed E-state index contributed by atoms with van der Waals surface area (Å²) in [4.78, 5) is 18.6. The highest BCUT2D eigenvalue weighted by Crippen LogP contribution is 2.19. The van der Waals surface area contributed by atoms with Crippen molar-refractivity contribution in [1.82, 2.24) is 0 Å². The van der Waals surface area contributed by atoms with Crippen LogP contribution >= 0.6 is 8.25 Å². The molecule has 0 aromatic heterocycles. The zero-order chi connectivity index (χ0) is 9.72. The molecule has 0 aromatic carbocycles. The van der Waals surface area contributed by atoms with Gasteiger partial charge in [0.1, 0.15) is 6.10 Å². The smallest absolute Gasteiger partial charge is 0.319 e. The fourth-order valence-corrected chi connectivity index (χ4v) is 0.917. The highest BCUT2D eigenvalue weighted by Gasteiger charge is 2.18. The van der Waals surface area contributed by atoms with E-state index in [1.165, 1.54) is 6.92 Å². The zero-order valence-electron chi connectivity index (χ0n) is 6.68. The lowest BCUT2D eigenvalue weighted by Gasteiger charge is -2.16. The highest BCUT2D eigenvalue weighted by atomic mass is 31.1. The van der Waals surface area contributed by atoms with Crippen LogP contribution < -0.4 is 0 Å². The summed E-state index contributed by atoms with van der Waals surface area (Å²) in [5.74, 6) is -0.595. The molecule has 2 N–H and O–H groups in total. The minimum Gasteiger partial charge on any atom is -0.457 e. The van der Waals surface area contributed by atoms with Gasteiger partial charge in [-0.3, -0.25) is 13.9 Å². The van der Waals surface area contributed by atoms with E-state index < -0.39 is 26.6 Å². The molecule has 0 amide bonds. The Balaban J connectivity index is 3.83. The molecule has 0 aliphatic carbocycles. The first-order chi connectivity index (χ1) is 5.43. The molecule has 12 heavy (non-hydrogen) atoms. The highest BCUT2D eigenvalue weighted by molar-refractivity contribution is 7.32. The molecule has 0 rings (SSSR count). The predicted octanol–water partition coefficient (Wildman–Crippen LogP) is -0.345. The van der Waals surface area contributed by atoms with Crippen molar-refractivity contribution in [2.45, 2.75) is 26.2 Å². The van der Waals surface area contributed by atoms with Crippen molar-refractivity contribution in [3.63, 3.8) is 0 Å². The second kappa shape index (κ2) is 5.27. The Labute approximate surface area is 70.1 Å². The van der Waals surface area contributed by atoms with Gasteiger partial charge in [-0.25, -0.2) is 0 Å². The van der Waals surface area contributed by atoms with Crippen LogP contribution in [0, 0.1) is 0 Å². The van der Waals surface area contributed by atoms with Gasteiger partial charge in [0.25, 0.3) is 0 Å². The fourth-order valence-electron chi connectivity index (χ4n) is 0.519. The molecule has 72 valence electrons. The van der Waals surface area contributed by atoms with E-state index in [0.717, 1.165) is 6.92 Å². The SMILES string of the molecule is CC(=O)O[C@@H](C)[C@@H](O)O[PH](=O)O. The lowest BCUT2D eigenvalue weighted by Crippen LogP contribution is -2.28. The summed E-state index contributed by atoms with van der Waals surface area (Å²) in [6.07, 6.45) is -2.52. The third kappa shape index (κ3) is 5.26. The topological polar surface area (TPSA) is 93.1 Å². The number of hydrogen-bond donors (Lipinski definition) is 2. The van der Waals surface area contributed by atoms with Crippen LogP contribution in [0.4, 0.5) is 0 Å². The lowest BCUT2D eigenvalue weighted by molar-refractivity contribution is -0.164. The largest absolute Gasteiger partial charge is 0.457 e. The van der Waals surface area contributed by atoms with Crippen molar-refractivity contribution in [3.05, 3.63) is 0 Å². The van der Waals surface area contributed by atoms with Crippen molar-refractivity contribution in [3.8, 4) is 0 Å². The second-order valence-corrected chi connectivity index (χ2v) is 2.86. The Morgan fingerprint density at radius 3 is 2.42 bits per heavy atom. The van der Waals surface area contributed by atoms with Crippen molar-refractivity contribution >= 4 is 14.2 Å². The summed E-state index contributed by atoms with van der Waals surface area (Å²) in [5.41, 5.74) is 0. The van der Waals surface area contributed by atoms with Gasteiger partial charge in [-0.2, -0.15) is 0 Å². The third-order valence-electron chi connectivity index (χ3n) is 0.975. The Hall–Kier alpha value is -0.420. The van der Waals surface area contributed by atoms with Gasteiger partial charge >= 0.3 is 14.2 Å². The summed E-state index contributed by atoms with van der Waals surface area (Å²) in [6, 6.07) is 0. The Bertz CT molecular complexity index is 161. The number of hydrogen-bond acceptors (Lipinski definition) is 5. The van der Waals surface area contributed by atoms with Crippen LogP contribution in [0.1, 0.15) is 13.8 Å². The summed E-state index contributed by atoms with van der Waals surface area (Å²) in [7, 11) is -3.20. The van der Waals surface area contributed by atoms with Gasteiger partial charge in [-0.05, 0) is 6.92 Å². The zero-order valence-corrected chi connectivity index (χ0v) is 7.68. The summed E-state index contributed by atoms with van der Waals surface area (Å²) in [6.45, 7) is 2.50. The first kappa shape index (κ1) is 11.6. The van der Waals surface area contributed by atoms with Crippen LogP contribution in [-0.2, 0) is 18.6 Å². The van der Waals surface area contributed by atoms with E-state index >= 15 is 0 Å². The molecule has 0 spiro atoms. The molecule has 7 heteroatoms. The van der Waals surface area contributed by atoms with E-state index in [4.69, 9.17) is 10.00 Å². The summed E-state index contributed by atoms with van der Waals surface area (Å²) >= 11 is 0. The molecule has 0 saturated heterocycles. The maximum atomic E-state index is 10.3. The summed E-state index contributed by atoms with van der Waals surface area (Å²) < 4.78 is 18.6. The lowest BCUT2D eigenvalue weighted by atomic mass is 10.4. The molecule has 1 unspecified atom stereocenters. The van der Waals surface area contributed by atoms with Gasteiger partial charge < -0.3 is 14.7 Å². The Kier molecular flexibility index (Phi) is 5.08. The van der Waals surface area contributed by atoms with E-state index in [2.05, 4.69) is 9.26 Å². The Morgan fingerprint density at radius 2 is 2.08 bits per heavy atom. The van der Waals surface area contributed by atoms with Gasteiger partial charge in [0.05, 0.1) is 0 Å². The minimum atomic E-state index is -3.20. The molecule has 6 nitrogen and oxygen atoms in total. The van der Waals surface area contributed by atoms with Crippen LogP contribution in [0.15, 0.2) is 0 Å². The van der Waals surface area contributed by atoms with Gasteiger partial charge in [0.15, 0.2) is 0 Å². The first-order valence-corrected chi connectivity index (χ1v) is 4.44. The van der Waals surface area contributed by atoms with Crippen molar-refractivity contribution < 1.29 is 28.6 Å². The molecule has 0 fully saturated rings. The molecule has 0 heterocycles. The van der Waals surface area contributed by atoms with Crippen LogP contribution in [-0.4, -0.2) is 28.4 Å². The van der Waals surface area contributed by atoms with Crippen molar-refractivity contribution in [2.24, 2.45) is 0 Å². The van der Waals surface area contributed by atoms with Gasteiger partial charge in [0, 0.05) is 6.92 Å². The number of esters is 1. The molecule has 0 aliphatic rings. The number of rotatable bonds is 4. The molecular formula is C5H11O6P. The van der Waals surface area contributed by atoms with Gasteiger partial charge in [-0.15, -0.1) is 0 Å². The fraction of sp³-hybridized carbons (Fsp3) is 0.800. The minimum absolute atomic E-state index is 0.595. The monoisotopic (exact) mass is 198 g/mol. The number of aliphatic hydroxyl groups is 1. The molecule has 0 radical (unpaired) electrons. The van der Waals surface area contributed by atoms with E-state index in [0.29, 0.717) is 0 Å². The Morgan fingerprint density at radius 1 is 1.58 bits per heavy atom. The van der Waals surface area contributed by atoms with E-state index in [1.807, 2.05) is 0 Å². The molecular weight excluding hydrogens is 187 g/mol. The van der Waals surface area contributed by atoms with Gasteiger partial charge in [-0.1, -0.05) is 0 Å². The van der Waals surface area contributed by atoms with Crippen LogP contribution in [0.3, 0.4) is 0 Å². The quantitative estimate of drug-likeness (QED) is 0.364. The standard InChI is InChI=1S/C5H11O6P/c1-3(10-4(2)6)5(7)11-12(8)9/h3,5,7,12H,1-2H3,(H,8,9)/t3-,5-/m0/s1. The van der Waals surface area contributed by atoms with Crippen molar-refractivity contribution in [2.75, 3.05) is 0 Å². The summed E-state index contributed by atoms with van der Waals surface area (Å²) in [5, 5.41) is 8.90. The van der Waals surface area contributed by atoms with Crippen molar-refractivity contribution in [1.29, 1.82) is 0 Å². The third-order valence-corrected chi connectivity index (χ3v) is 1.42. The molecule has 0 saturated carbocycles. The van der Waals surface area contributed by atoms with E-state index in [9.17, 15) is 9.36 Å². The maximum Gasteiger partial charge on any atom is 0.319 e.